The molecule has 7 atom stereocenters. The summed E-state index contributed by atoms with van der Waals surface area (Å²) < 4.78 is -1.21. The molecule has 3 amide bonds. The molecule has 3 aliphatic rings. The number of anilines is 1. The maximum absolute atomic E-state index is 15.1. The number of benzene rings is 1. The van der Waals surface area contributed by atoms with Gasteiger partial charge in [-0.1, -0.05) is 57.5 Å². The molecule has 1 aromatic carbocycles. The van der Waals surface area contributed by atoms with Gasteiger partial charge < -0.3 is 19.8 Å². The van der Waals surface area contributed by atoms with Gasteiger partial charge in [0.1, 0.15) is 6.04 Å². The molecule has 3 saturated heterocycles. The van der Waals surface area contributed by atoms with Crippen molar-refractivity contribution in [1.29, 1.82) is 0 Å². The standard InChI is InChI=1S/C34H49N3O4S/c1-9-18-35(19-10-2)30(39)26-27-31(40)37(25(21-38)22(5)12-4)29(34(27)17-16-33(26,8)42-34)32(41)36(20-11-3)28-23(6)14-13-15-24(28)7/h9,11,13-15,22,25-27,29,38H,1,3,10,12,16-21H2,2,4-8H3/t22-,25-,26+,27-,29?,33-,34?/m0/s1. The van der Waals surface area contributed by atoms with E-state index in [0.717, 1.165) is 36.1 Å². The van der Waals surface area contributed by atoms with Gasteiger partial charge in [-0.2, -0.15) is 0 Å². The molecular weight excluding hydrogens is 546 g/mol. The molecule has 1 aromatic rings. The van der Waals surface area contributed by atoms with Crippen LogP contribution in [-0.4, -0.2) is 80.4 Å². The van der Waals surface area contributed by atoms with Crippen LogP contribution in [0, 0.1) is 31.6 Å². The number of nitrogens with zero attached hydrogens (tertiary/aromatic N) is 3. The summed E-state index contributed by atoms with van der Waals surface area (Å²) in [6, 6.07) is 4.64. The highest BCUT2D eigenvalue weighted by molar-refractivity contribution is 8.02. The van der Waals surface area contributed by atoms with E-state index in [-0.39, 0.29) is 30.2 Å². The van der Waals surface area contributed by atoms with Gasteiger partial charge in [0.15, 0.2) is 0 Å². The van der Waals surface area contributed by atoms with E-state index >= 15 is 4.79 Å². The van der Waals surface area contributed by atoms with Crippen LogP contribution in [0.25, 0.3) is 0 Å². The monoisotopic (exact) mass is 595 g/mol. The molecule has 2 unspecified atom stereocenters. The zero-order valence-corrected chi connectivity index (χ0v) is 27.1. The summed E-state index contributed by atoms with van der Waals surface area (Å²) in [7, 11) is 0. The molecule has 2 bridgehead atoms. The van der Waals surface area contributed by atoms with Gasteiger partial charge in [0.2, 0.25) is 11.8 Å². The molecule has 3 aliphatic heterocycles. The Labute approximate surface area is 256 Å². The molecule has 8 heteroatoms. The number of carbonyl (C=O) groups excluding carboxylic acids is 3. The van der Waals surface area contributed by atoms with Crippen molar-refractivity contribution in [3.8, 4) is 0 Å². The third-order valence-electron chi connectivity index (χ3n) is 10.0. The third kappa shape index (κ3) is 5.02. The van der Waals surface area contributed by atoms with Crippen molar-refractivity contribution in [2.45, 2.75) is 88.8 Å². The number of hydrogen-bond donors (Lipinski definition) is 1. The van der Waals surface area contributed by atoms with E-state index in [2.05, 4.69) is 20.1 Å². The van der Waals surface area contributed by atoms with Gasteiger partial charge in [0.25, 0.3) is 5.91 Å². The average molecular weight is 596 g/mol. The number of para-hydroxylation sites is 1. The smallest absolute Gasteiger partial charge is 0.251 e. The van der Waals surface area contributed by atoms with Crippen molar-refractivity contribution < 1.29 is 19.5 Å². The maximum Gasteiger partial charge on any atom is 0.251 e. The number of aliphatic hydroxyl groups excluding tert-OH is 1. The van der Waals surface area contributed by atoms with E-state index < -0.39 is 33.4 Å². The Morgan fingerprint density at radius 2 is 1.79 bits per heavy atom. The predicted octanol–water partition coefficient (Wildman–Crippen LogP) is 5.14. The molecule has 3 heterocycles. The lowest BCUT2D eigenvalue weighted by Crippen LogP contribution is -2.59. The number of thioether (sulfide) groups is 1. The molecule has 0 aliphatic carbocycles. The van der Waals surface area contributed by atoms with Gasteiger partial charge in [-0.15, -0.1) is 24.9 Å². The minimum absolute atomic E-state index is 0.0261. The number of carbonyl (C=O) groups is 3. The quantitative estimate of drug-likeness (QED) is 0.320. The van der Waals surface area contributed by atoms with E-state index in [1.807, 2.05) is 57.7 Å². The first-order valence-electron chi connectivity index (χ1n) is 15.5. The summed E-state index contributed by atoms with van der Waals surface area (Å²) in [4.78, 5) is 49.4. The number of likely N-dealkylation sites (tertiary alicyclic amines) is 1. The molecule has 1 N–H and O–H groups in total. The highest BCUT2D eigenvalue weighted by Gasteiger charge is 2.78. The van der Waals surface area contributed by atoms with Gasteiger partial charge in [-0.3, -0.25) is 14.4 Å². The average Bonchev–Trinajstić information content (AvgIpc) is 3.52. The Kier molecular flexibility index (Phi) is 9.68. The molecule has 0 radical (unpaired) electrons. The van der Waals surface area contributed by atoms with Gasteiger partial charge in [0.05, 0.1) is 29.2 Å². The van der Waals surface area contributed by atoms with Crippen LogP contribution in [0.5, 0.6) is 0 Å². The van der Waals surface area contributed by atoms with Crippen LogP contribution < -0.4 is 4.90 Å². The minimum atomic E-state index is -0.802. The van der Waals surface area contributed by atoms with Crippen molar-refractivity contribution >= 4 is 35.2 Å². The lowest BCUT2D eigenvalue weighted by Gasteiger charge is -2.41. The van der Waals surface area contributed by atoms with Gasteiger partial charge in [-0.05, 0) is 57.1 Å². The first-order chi connectivity index (χ1) is 20.0. The second-order valence-corrected chi connectivity index (χ2v) is 14.6. The lowest BCUT2D eigenvalue weighted by atomic mass is 9.66. The first kappa shape index (κ1) is 32.3. The summed E-state index contributed by atoms with van der Waals surface area (Å²) in [6.07, 6.45) is 6.44. The second kappa shape index (κ2) is 12.6. The number of rotatable bonds is 13. The minimum Gasteiger partial charge on any atom is -0.394 e. The highest BCUT2D eigenvalue weighted by atomic mass is 32.2. The molecule has 0 saturated carbocycles. The van der Waals surface area contributed by atoms with Crippen LogP contribution in [0.4, 0.5) is 5.69 Å². The first-order valence-corrected chi connectivity index (χ1v) is 16.3. The normalized spacial score (nSPS) is 29.3. The van der Waals surface area contributed by atoms with Crippen molar-refractivity contribution in [3.63, 3.8) is 0 Å². The molecule has 42 heavy (non-hydrogen) atoms. The number of fused-ring (bicyclic) bond motifs is 1. The van der Waals surface area contributed by atoms with Crippen molar-refractivity contribution in [3.05, 3.63) is 54.6 Å². The second-order valence-electron chi connectivity index (χ2n) is 12.7. The number of aliphatic hydroxyl groups is 1. The van der Waals surface area contributed by atoms with Gasteiger partial charge >= 0.3 is 0 Å². The Balaban J connectivity index is 1.90. The van der Waals surface area contributed by atoms with Crippen LogP contribution in [-0.2, 0) is 14.4 Å². The number of amides is 3. The zero-order valence-electron chi connectivity index (χ0n) is 26.3. The topological polar surface area (TPSA) is 81.2 Å². The maximum atomic E-state index is 15.1. The Morgan fingerprint density at radius 1 is 1.14 bits per heavy atom. The van der Waals surface area contributed by atoms with Crippen molar-refractivity contribution in [2.24, 2.45) is 17.8 Å². The molecule has 230 valence electrons. The Bertz CT molecular complexity index is 1210. The van der Waals surface area contributed by atoms with Crippen LogP contribution >= 0.6 is 11.8 Å². The van der Waals surface area contributed by atoms with Crippen LogP contribution in [0.15, 0.2) is 43.5 Å². The summed E-state index contributed by atoms with van der Waals surface area (Å²) in [5, 5.41) is 10.7. The summed E-state index contributed by atoms with van der Waals surface area (Å²) in [6.45, 7) is 21.1. The molecule has 4 rings (SSSR count). The van der Waals surface area contributed by atoms with Crippen LogP contribution in [0.1, 0.15) is 64.5 Å². The molecule has 3 fully saturated rings. The van der Waals surface area contributed by atoms with E-state index in [1.165, 1.54) is 0 Å². The van der Waals surface area contributed by atoms with E-state index in [4.69, 9.17) is 0 Å². The number of hydrogen-bond acceptors (Lipinski definition) is 5. The molecule has 7 nitrogen and oxygen atoms in total. The summed E-state index contributed by atoms with van der Waals surface area (Å²) in [5.74, 6) is -1.56. The summed E-state index contributed by atoms with van der Waals surface area (Å²) >= 11 is 1.68. The van der Waals surface area contributed by atoms with E-state index in [1.54, 1.807) is 33.7 Å². The van der Waals surface area contributed by atoms with Gasteiger partial charge in [-0.25, -0.2) is 0 Å². The van der Waals surface area contributed by atoms with Crippen LogP contribution in [0.2, 0.25) is 0 Å². The summed E-state index contributed by atoms with van der Waals surface area (Å²) in [5.41, 5.74) is 2.77. The van der Waals surface area contributed by atoms with E-state index in [9.17, 15) is 14.7 Å². The Morgan fingerprint density at radius 3 is 2.33 bits per heavy atom. The number of aryl methyl sites for hydroxylation is 2. The molecular formula is C34H49N3O4S. The fourth-order valence-electron chi connectivity index (χ4n) is 7.90. The fraction of sp³-hybridized carbons (Fsp3) is 0.618. The Hall–Kier alpha value is -2.58. The van der Waals surface area contributed by atoms with Crippen molar-refractivity contribution in [2.75, 3.05) is 31.1 Å². The van der Waals surface area contributed by atoms with E-state index in [0.29, 0.717) is 26.1 Å². The lowest BCUT2D eigenvalue weighted by molar-refractivity contribution is -0.147. The van der Waals surface area contributed by atoms with Crippen molar-refractivity contribution in [1.82, 2.24) is 9.80 Å². The fourth-order valence-corrected chi connectivity index (χ4v) is 10.2. The third-order valence-corrected chi connectivity index (χ3v) is 12.0. The van der Waals surface area contributed by atoms with Crippen LogP contribution in [0.3, 0.4) is 0 Å². The molecule has 1 spiro atoms. The zero-order chi connectivity index (χ0) is 31.0. The largest absolute Gasteiger partial charge is 0.394 e. The highest BCUT2D eigenvalue weighted by Crippen LogP contribution is 2.72. The molecule has 0 aromatic heterocycles. The predicted molar refractivity (Wildman–Crippen MR) is 171 cm³/mol. The SMILES string of the molecule is C=CCN(CCC)C(=O)[C@H]1[C@H]2C(=O)N([C@@H](CO)[C@@H](C)CC)C(C(=O)N(CC=C)c3c(C)cccc3C)C23CC[C@]1(C)S3. The van der Waals surface area contributed by atoms with Gasteiger partial charge in [0, 0.05) is 30.1 Å².